The van der Waals surface area contributed by atoms with Crippen molar-refractivity contribution in [2.45, 2.75) is 13.3 Å². The third-order valence-corrected chi connectivity index (χ3v) is 3.39. The van der Waals surface area contributed by atoms with E-state index in [2.05, 4.69) is 49.7 Å². The van der Waals surface area contributed by atoms with Crippen LogP contribution in [0.5, 0.6) is 5.75 Å². The lowest BCUT2D eigenvalue weighted by atomic mass is 10.1. The van der Waals surface area contributed by atoms with Crippen molar-refractivity contribution in [3.8, 4) is 5.75 Å². The van der Waals surface area contributed by atoms with Crippen LogP contribution in [-0.2, 0) is 6.42 Å². The molecule has 0 saturated carbocycles. The van der Waals surface area contributed by atoms with E-state index < -0.39 is 0 Å². The van der Waals surface area contributed by atoms with Gasteiger partial charge in [0.05, 0.1) is 7.11 Å². The minimum Gasteiger partial charge on any atom is -0.497 e. The summed E-state index contributed by atoms with van der Waals surface area (Å²) in [5, 5.41) is 3.35. The molecule has 0 fully saturated rings. The van der Waals surface area contributed by atoms with Gasteiger partial charge in [-0.05, 0) is 47.9 Å². The first-order valence-electron chi connectivity index (χ1n) is 6.93. The zero-order chi connectivity index (χ0) is 15.2. The molecule has 0 aliphatic carbocycles. The van der Waals surface area contributed by atoms with Gasteiger partial charge < -0.3 is 10.1 Å². The fourth-order valence-corrected chi connectivity index (χ4v) is 2.22. The summed E-state index contributed by atoms with van der Waals surface area (Å²) < 4.78 is 5.16. The number of allylic oxidation sites excluding steroid dienone is 1. The summed E-state index contributed by atoms with van der Waals surface area (Å²) in [6, 6.07) is 14.2. The lowest BCUT2D eigenvalue weighted by Crippen LogP contribution is -2.02. The molecule has 0 radical (unpaired) electrons. The Labute approximate surface area is 126 Å². The van der Waals surface area contributed by atoms with Crippen LogP contribution in [0, 0.1) is 6.92 Å². The summed E-state index contributed by atoms with van der Waals surface area (Å²) in [7, 11) is 1.67. The molecule has 1 N–H and O–H groups in total. The zero-order valence-electron chi connectivity index (χ0n) is 12.6. The lowest BCUT2D eigenvalue weighted by molar-refractivity contribution is 0.414. The van der Waals surface area contributed by atoms with E-state index in [1.165, 1.54) is 11.1 Å². The average molecular weight is 279 g/mol. The zero-order valence-corrected chi connectivity index (χ0v) is 12.6. The number of rotatable bonds is 6. The first-order chi connectivity index (χ1) is 10.1. The smallest absolute Gasteiger partial charge is 0.118 e. The highest BCUT2D eigenvalue weighted by Gasteiger charge is 2.01. The normalized spacial score (nSPS) is 10.0. The van der Waals surface area contributed by atoms with Crippen LogP contribution in [0.1, 0.15) is 16.7 Å². The highest BCUT2D eigenvalue weighted by molar-refractivity contribution is 5.59. The topological polar surface area (TPSA) is 21.3 Å². The molecule has 0 heterocycles. The van der Waals surface area contributed by atoms with Crippen LogP contribution in [0.15, 0.2) is 61.3 Å². The summed E-state index contributed by atoms with van der Waals surface area (Å²) in [4.78, 5) is 0. The maximum atomic E-state index is 5.16. The number of hydrogen-bond acceptors (Lipinski definition) is 2. The van der Waals surface area contributed by atoms with Gasteiger partial charge in [-0.15, -0.1) is 0 Å². The Bertz CT molecular complexity index is 641. The lowest BCUT2D eigenvalue weighted by Gasteiger charge is -2.12. The molecule has 0 bridgehead atoms. The minimum absolute atomic E-state index is 0.784. The molecule has 2 nitrogen and oxygen atoms in total. The number of anilines is 1. The Morgan fingerprint density at radius 3 is 2.48 bits per heavy atom. The third kappa shape index (κ3) is 3.99. The van der Waals surface area contributed by atoms with Crippen molar-refractivity contribution in [3.63, 3.8) is 0 Å². The maximum absolute atomic E-state index is 5.16. The van der Waals surface area contributed by atoms with Crippen molar-refractivity contribution in [1.82, 2.24) is 0 Å². The monoisotopic (exact) mass is 279 g/mol. The van der Waals surface area contributed by atoms with Crippen molar-refractivity contribution in [2.75, 3.05) is 12.4 Å². The van der Waals surface area contributed by atoms with Crippen molar-refractivity contribution >= 4 is 11.8 Å². The summed E-state index contributed by atoms with van der Waals surface area (Å²) in [6.45, 7) is 9.98. The quantitative estimate of drug-likeness (QED) is 0.819. The molecule has 2 heteroatoms. The summed E-state index contributed by atoms with van der Waals surface area (Å²) in [6.07, 6.45) is 2.65. The van der Waals surface area contributed by atoms with E-state index in [1.807, 2.05) is 24.3 Å². The van der Waals surface area contributed by atoms with Gasteiger partial charge in [0.1, 0.15) is 5.75 Å². The summed E-state index contributed by atoms with van der Waals surface area (Å²) in [5.74, 6) is 0.868. The van der Waals surface area contributed by atoms with Crippen LogP contribution >= 0.6 is 0 Å². The van der Waals surface area contributed by atoms with E-state index >= 15 is 0 Å². The van der Waals surface area contributed by atoms with Gasteiger partial charge in [0, 0.05) is 17.8 Å². The Morgan fingerprint density at radius 1 is 1.19 bits per heavy atom. The molecule has 0 amide bonds. The molecule has 21 heavy (non-hydrogen) atoms. The first kappa shape index (κ1) is 14.9. The second-order valence-electron chi connectivity index (χ2n) is 5.03. The van der Waals surface area contributed by atoms with Crippen LogP contribution in [0.3, 0.4) is 0 Å². The highest BCUT2D eigenvalue weighted by atomic mass is 16.5. The predicted molar refractivity (Wildman–Crippen MR) is 90.7 cm³/mol. The van der Waals surface area contributed by atoms with Crippen LogP contribution in [0.4, 0.5) is 5.69 Å². The van der Waals surface area contributed by atoms with Gasteiger partial charge in [-0.1, -0.05) is 37.4 Å². The van der Waals surface area contributed by atoms with Crippen LogP contribution in [0.25, 0.3) is 6.08 Å². The van der Waals surface area contributed by atoms with Gasteiger partial charge in [0.15, 0.2) is 0 Å². The number of aryl methyl sites for hydroxylation is 1. The molecule has 2 aromatic rings. The Hall–Kier alpha value is -2.48. The highest BCUT2D eigenvalue weighted by Crippen LogP contribution is 2.19. The van der Waals surface area contributed by atoms with Crippen molar-refractivity contribution in [1.29, 1.82) is 0 Å². The van der Waals surface area contributed by atoms with E-state index in [0.29, 0.717) is 0 Å². The second-order valence-corrected chi connectivity index (χ2v) is 5.03. The maximum Gasteiger partial charge on any atom is 0.118 e. The Kier molecular flexibility index (Phi) is 4.83. The minimum atomic E-state index is 0.784. The van der Waals surface area contributed by atoms with Gasteiger partial charge in [-0.25, -0.2) is 0 Å². The standard InChI is InChI=1S/C19H21NO/c1-5-17-8-9-18(12-14(17)2)20-15(3)13-16-6-10-19(21-4)11-7-16/h5-12,20H,1,3,13H2,2,4H3. The van der Waals surface area contributed by atoms with E-state index in [-0.39, 0.29) is 0 Å². The second kappa shape index (κ2) is 6.80. The van der Waals surface area contributed by atoms with Gasteiger partial charge in [0.25, 0.3) is 0 Å². The Balaban J connectivity index is 2.00. The van der Waals surface area contributed by atoms with Crippen LogP contribution in [-0.4, -0.2) is 7.11 Å². The van der Waals surface area contributed by atoms with Gasteiger partial charge >= 0.3 is 0 Å². The molecule has 2 rings (SSSR count). The summed E-state index contributed by atoms with van der Waals surface area (Å²) >= 11 is 0. The predicted octanol–water partition coefficient (Wildman–Crippen LogP) is 4.81. The molecule has 0 spiro atoms. The molecule has 0 unspecified atom stereocenters. The number of hydrogen-bond donors (Lipinski definition) is 1. The average Bonchev–Trinajstić information content (AvgIpc) is 2.48. The van der Waals surface area contributed by atoms with Crippen LogP contribution < -0.4 is 10.1 Å². The van der Waals surface area contributed by atoms with E-state index in [9.17, 15) is 0 Å². The van der Waals surface area contributed by atoms with Gasteiger partial charge in [0.2, 0.25) is 0 Å². The van der Waals surface area contributed by atoms with Crippen molar-refractivity contribution < 1.29 is 4.74 Å². The van der Waals surface area contributed by atoms with Crippen molar-refractivity contribution in [3.05, 3.63) is 78.0 Å². The molecule has 0 aliphatic rings. The SMILES string of the molecule is C=Cc1ccc(NC(=C)Cc2ccc(OC)cc2)cc1C. The molecule has 2 aromatic carbocycles. The molecule has 108 valence electrons. The molecule has 0 aromatic heterocycles. The first-order valence-corrected chi connectivity index (χ1v) is 6.93. The summed E-state index contributed by atoms with van der Waals surface area (Å²) in [5.41, 5.74) is 5.57. The van der Waals surface area contributed by atoms with E-state index in [1.54, 1.807) is 7.11 Å². The fraction of sp³-hybridized carbons (Fsp3) is 0.158. The van der Waals surface area contributed by atoms with E-state index in [4.69, 9.17) is 4.74 Å². The molecule has 0 saturated heterocycles. The largest absolute Gasteiger partial charge is 0.497 e. The third-order valence-electron chi connectivity index (χ3n) is 3.39. The number of methoxy groups -OCH3 is 1. The number of benzene rings is 2. The molecule has 0 atom stereocenters. The van der Waals surface area contributed by atoms with Crippen LogP contribution in [0.2, 0.25) is 0 Å². The molecule has 0 aliphatic heterocycles. The fourth-order valence-electron chi connectivity index (χ4n) is 2.22. The molecular weight excluding hydrogens is 258 g/mol. The van der Waals surface area contributed by atoms with E-state index in [0.717, 1.165) is 29.1 Å². The van der Waals surface area contributed by atoms with Gasteiger partial charge in [-0.3, -0.25) is 0 Å². The Morgan fingerprint density at radius 2 is 1.90 bits per heavy atom. The number of ether oxygens (including phenoxy) is 1. The van der Waals surface area contributed by atoms with Gasteiger partial charge in [-0.2, -0.15) is 0 Å². The molecular formula is C19H21NO. The number of nitrogens with one attached hydrogen (secondary N) is 1. The van der Waals surface area contributed by atoms with Crippen molar-refractivity contribution in [2.24, 2.45) is 0 Å².